The summed E-state index contributed by atoms with van der Waals surface area (Å²) in [6.45, 7) is 0.361. The van der Waals surface area contributed by atoms with Gasteiger partial charge in [-0.2, -0.15) is 4.98 Å². The van der Waals surface area contributed by atoms with Crippen LogP contribution in [-0.2, 0) is 17.6 Å². The Labute approximate surface area is 120 Å². The Kier molecular flexibility index (Phi) is 4.86. The van der Waals surface area contributed by atoms with Crippen molar-refractivity contribution >= 4 is 17.7 Å². The summed E-state index contributed by atoms with van der Waals surface area (Å²) in [7, 11) is 0. The van der Waals surface area contributed by atoms with Gasteiger partial charge >= 0.3 is 12.0 Å². The van der Waals surface area contributed by atoms with Crippen LogP contribution in [-0.4, -0.2) is 33.8 Å². The molecular formula is C13H14N4O4. The normalized spacial score (nSPS) is 10.1. The minimum absolute atomic E-state index is 0.0883. The van der Waals surface area contributed by atoms with Crippen molar-refractivity contribution in [3.63, 3.8) is 0 Å². The molecule has 110 valence electrons. The molecule has 21 heavy (non-hydrogen) atoms. The van der Waals surface area contributed by atoms with Gasteiger partial charge in [0.25, 0.3) is 0 Å². The first-order valence-corrected chi connectivity index (χ1v) is 6.24. The monoisotopic (exact) mass is 290 g/mol. The largest absolute Gasteiger partial charge is 0.481 e. The highest BCUT2D eigenvalue weighted by molar-refractivity contribution is 5.89. The fraction of sp³-hybridized carbons (Fsp3) is 0.231. The SMILES string of the molecule is O=C(O)Cc1cccc(NC(=O)NCCc2ncon2)c1. The second-order valence-electron chi connectivity index (χ2n) is 4.25. The van der Waals surface area contributed by atoms with E-state index in [-0.39, 0.29) is 12.5 Å². The van der Waals surface area contributed by atoms with Crippen LogP contribution in [0.15, 0.2) is 35.2 Å². The molecule has 0 aliphatic rings. The minimum Gasteiger partial charge on any atom is -0.481 e. The number of carboxylic acid groups (broad SMARTS) is 1. The Morgan fingerprint density at radius 1 is 1.33 bits per heavy atom. The van der Waals surface area contributed by atoms with Crippen LogP contribution in [0.2, 0.25) is 0 Å². The Morgan fingerprint density at radius 3 is 2.90 bits per heavy atom. The first kappa shape index (κ1) is 14.5. The number of nitrogens with one attached hydrogen (secondary N) is 2. The first-order valence-electron chi connectivity index (χ1n) is 6.24. The van der Waals surface area contributed by atoms with Crippen molar-refractivity contribution in [1.29, 1.82) is 0 Å². The van der Waals surface area contributed by atoms with E-state index < -0.39 is 5.97 Å². The van der Waals surface area contributed by atoms with Gasteiger partial charge in [-0.05, 0) is 17.7 Å². The molecule has 2 aromatic rings. The number of aliphatic carboxylic acids is 1. The predicted octanol–water partition coefficient (Wildman–Crippen LogP) is 1.06. The van der Waals surface area contributed by atoms with Crippen LogP contribution in [0, 0.1) is 0 Å². The fourth-order valence-corrected chi connectivity index (χ4v) is 1.70. The molecule has 8 heteroatoms. The summed E-state index contributed by atoms with van der Waals surface area (Å²) in [5, 5.41) is 17.6. The summed E-state index contributed by atoms with van der Waals surface area (Å²) >= 11 is 0. The zero-order chi connectivity index (χ0) is 15.1. The van der Waals surface area contributed by atoms with E-state index in [9.17, 15) is 9.59 Å². The topological polar surface area (TPSA) is 117 Å². The van der Waals surface area contributed by atoms with Crippen molar-refractivity contribution in [3.8, 4) is 0 Å². The fourth-order valence-electron chi connectivity index (χ4n) is 1.70. The zero-order valence-corrected chi connectivity index (χ0v) is 11.1. The highest BCUT2D eigenvalue weighted by atomic mass is 16.5. The summed E-state index contributed by atoms with van der Waals surface area (Å²) in [4.78, 5) is 26.1. The molecule has 0 saturated heterocycles. The molecule has 0 radical (unpaired) electrons. The number of aromatic nitrogens is 2. The third-order valence-corrected chi connectivity index (χ3v) is 2.58. The summed E-state index contributed by atoms with van der Waals surface area (Å²) in [5.74, 6) is -0.407. The number of hydrogen-bond donors (Lipinski definition) is 3. The van der Waals surface area contributed by atoms with Crippen molar-refractivity contribution in [1.82, 2.24) is 15.5 Å². The summed E-state index contributed by atoms with van der Waals surface area (Å²) in [6.07, 6.45) is 1.60. The minimum atomic E-state index is -0.920. The number of benzene rings is 1. The van der Waals surface area contributed by atoms with Crippen LogP contribution in [0.5, 0.6) is 0 Å². The van der Waals surface area contributed by atoms with Crippen molar-refractivity contribution < 1.29 is 19.2 Å². The molecule has 1 aromatic heterocycles. The number of nitrogens with zero attached hydrogens (tertiary/aromatic N) is 2. The number of anilines is 1. The molecule has 1 heterocycles. The molecule has 0 aliphatic heterocycles. The standard InChI is InChI=1S/C13H14N4O4/c18-12(19)7-9-2-1-3-10(6-9)16-13(20)14-5-4-11-15-8-21-17-11/h1-3,6,8H,4-5,7H2,(H,18,19)(H2,14,16,20). The van der Waals surface area contributed by atoms with E-state index >= 15 is 0 Å². The van der Waals surface area contributed by atoms with Gasteiger partial charge < -0.3 is 20.3 Å². The van der Waals surface area contributed by atoms with Gasteiger partial charge in [-0.25, -0.2) is 4.79 Å². The Balaban J connectivity index is 1.80. The van der Waals surface area contributed by atoms with Crippen molar-refractivity contribution in [2.45, 2.75) is 12.8 Å². The van der Waals surface area contributed by atoms with Gasteiger partial charge in [0.2, 0.25) is 6.39 Å². The smallest absolute Gasteiger partial charge is 0.319 e. The van der Waals surface area contributed by atoms with Gasteiger partial charge in [0.05, 0.1) is 6.42 Å². The highest BCUT2D eigenvalue weighted by Crippen LogP contribution is 2.11. The van der Waals surface area contributed by atoms with Crippen molar-refractivity contribution in [2.24, 2.45) is 0 Å². The van der Waals surface area contributed by atoms with E-state index in [1.54, 1.807) is 24.3 Å². The Bertz CT molecular complexity index is 612. The van der Waals surface area contributed by atoms with Crippen LogP contribution in [0.3, 0.4) is 0 Å². The third-order valence-electron chi connectivity index (χ3n) is 2.58. The predicted molar refractivity (Wildman–Crippen MR) is 72.8 cm³/mol. The van der Waals surface area contributed by atoms with Gasteiger partial charge in [0.1, 0.15) is 0 Å². The van der Waals surface area contributed by atoms with E-state index in [4.69, 9.17) is 5.11 Å². The molecule has 3 N–H and O–H groups in total. The molecule has 0 aliphatic carbocycles. The molecular weight excluding hydrogens is 276 g/mol. The number of urea groups is 1. The number of hydrogen-bond acceptors (Lipinski definition) is 5. The molecule has 0 bridgehead atoms. The maximum absolute atomic E-state index is 11.7. The second-order valence-corrected chi connectivity index (χ2v) is 4.25. The van der Waals surface area contributed by atoms with Gasteiger partial charge in [0.15, 0.2) is 5.82 Å². The van der Waals surface area contributed by atoms with Gasteiger partial charge in [0, 0.05) is 18.7 Å². The van der Waals surface area contributed by atoms with Gasteiger partial charge in [-0.1, -0.05) is 17.3 Å². The van der Waals surface area contributed by atoms with Crippen LogP contribution >= 0.6 is 0 Å². The average molecular weight is 290 g/mol. The molecule has 2 rings (SSSR count). The lowest BCUT2D eigenvalue weighted by molar-refractivity contribution is -0.136. The molecule has 1 aromatic carbocycles. The van der Waals surface area contributed by atoms with Gasteiger partial charge in [-0.15, -0.1) is 0 Å². The van der Waals surface area contributed by atoms with Crippen LogP contribution in [0.4, 0.5) is 10.5 Å². The zero-order valence-electron chi connectivity index (χ0n) is 11.1. The van der Waals surface area contributed by atoms with Crippen LogP contribution in [0.1, 0.15) is 11.4 Å². The van der Waals surface area contributed by atoms with E-state index in [2.05, 4.69) is 25.3 Å². The summed E-state index contributed by atoms with van der Waals surface area (Å²) in [6, 6.07) is 6.29. The maximum Gasteiger partial charge on any atom is 0.319 e. The first-order chi connectivity index (χ1) is 10.1. The second kappa shape index (κ2) is 7.04. The van der Waals surface area contributed by atoms with E-state index in [1.165, 1.54) is 6.39 Å². The molecule has 0 atom stereocenters. The third kappa shape index (κ3) is 4.94. The molecule has 0 saturated carbocycles. The van der Waals surface area contributed by atoms with E-state index in [0.717, 1.165) is 0 Å². The van der Waals surface area contributed by atoms with E-state index in [0.29, 0.717) is 30.0 Å². The quantitative estimate of drug-likeness (QED) is 0.732. The Hall–Kier alpha value is -2.90. The Morgan fingerprint density at radius 2 is 2.19 bits per heavy atom. The molecule has 8 nitrogen and oxygen atoms in total. The number of carbonyl (C=O) groups excluding carboxylic acids is 1. The van der Waals surface area contributed by atoms with Gasteiger partial charge in [-0.3, -0.25) is 4.79 Å². The van der Waals surface area contributed by atoms with Crippen molar-refractivity contribution in [3.05, 3.63) is 42.0 Å². The van der Waals surface area contributed by atoms with Crippen LogP contribution < -0.4 is 10.6 Å². The average Bonchev–Trinajstić information content (AvgIpc) is 2.91. The number of rotatable bonds is 6. The van der Waals surface area contributed by atoms with E-state index in [1.807, 2.05) is 0 Å². The molecule has 2 amide bonds. The molecule has 0 spiro atoms. The lowest BCUT2D eigenvalue weighted by atomic mass is 10.1. The lowest BCUT2D eigenvalue weighted by Crippen LogP contribution is -2.30. The molecule has 0 unspecified atom stereocenters. The van der Waals surface area contributed by atoms with Crippen LogP contribution in [0.25, 0.3) is 0 Å². The number of amides is 2. The molecule has 0 fully saturated rings. The summed E-state index contributed by atoms with van der Waals surface area (Å²) < 4.78 is 4.58. The summed E-state index contributed by atoms with van der Waals surface area (Å²) in [5.41, 5.74) is 1.15. The highest BCUT2D eigenvalue weighted by Gasteiger charge is 2.05. The van der Waals surface area contributed by atoms with Crippen molar-refractivity contribution in [2.75, 3.05) is 11.9 Å². The maximum atomic E-state index is 11.7. The lowest BCUT2D eigenvalue weighted by Gasteiger charge is -2.07. The number of carboxylic acids is 1. The number of carbonyl (C=O) groups is 2.